The molecule has 1 atom stereocenters. The molecular formula is C14H24N4O2S. The molecule has 6 nitrogen and oxygen atoms in total. The van der Waals surface area contributed by atoms with Crippen LogP contribution in [0.2, 0.25) is 0 Å². The van der Waals surface area contributed by atoms with Gasteiger partial charge in [0.25, 0.3) is 5.91 Å². The second-order valence-electron chi connectivity index (χ2n) is 6.01. The predicted octanol–water partition coefficient (Wildman–Crippen LogP) is 0.0962. The van der Waals surface area contributed by atoms with Crippen LogP contribution in [0.5, 0.6) is 0 Å². The van der Waals surface area contributed by atoms with Gasteiger partial charge in [-0.2, -0.15) is 11.8 Å². The third kappa shape index (κ3) is 3.90. The van der Waals surface area contributed by atoms with Crippen LogP contribution >= 0.6 is 11.8 Å². The number of carbonyl (C=O) groups is 1. The largest absolute Gasteiger partial charge is 0.388 e. The van der Waals surface area contributed by atoms with Gasteiger partial charge in [-0.15, -0.1) is 0 Å². The van der Waals surface area contributed by atoms with Gasteiger partial charge in [0, 0.05) is 49.9 Å². The third-order valence-electron chi connectivity index (χ3n) is 4.39. The molecule has 0 radical (unpaired) electrons. The number of nitrogens with one attached hydrogen (secondary N) is 3. The molecule has 21 heavy (non-hydrogen) atoms. The molecule has 1 amide bonds. The van der Waals surface area contributed by atoms with Crippen LogP contribution in [0.15, 0.2) is 5.16 Å². The molecule has 118 valence electrons. The molecular weight excluding hydrogens is 288 g/mol. The highest BCUT2D eigenvalue weighted by atomic mass is 32.2. The molecule has 3 N–H and O–H groups in total. The Morgan fingerprint density at radius 1 is 1.43 bits per heavy atom. The van der Waals surface area contributed by atoms with Crippen molar-refractivity contribution < 1.29 is 9.63 Å². The van der Waals surface area contributed by atoms with Crippen molar-refractivity contribution in [2.24, 2.45) is 5.16 Å². The second kappa shape index (κ2) is 6.98. The normalized spacial score (nSPS) is 28.0. The number of thioether (sulfide) groups is 1. The van der Waals surface area contributed by atoms with E-state index in [0.717, 1.165) is 44.6 Å². The summed E-state index contributed by atoms with van der Waals surface area (Å²) in [5.41, 5.74) is 0.335. The molecule has 3 aliphatic rings. The molecule has 2 saturated heterocycles. The van der Waals surface area contributed by atoms with Crippen molar-refractivity contribution in [3.8, 4) is 0 Å². The SMILES string of the molecule is O=C(NCCC1CSCCN1)C1=NOC2(CCNCC2)C1. The zero-order valence-electron chi connectivity index (χ0n) is 12.3. The average Bonchev–Trinajstić information content (AvgIpc) is 2.93. The van der Waals surface area contributed by atoms with Crippen LogP contribution in [0.1, 0.15) is 25.7 Å². The monoisotopic (exact) mass is 312 g/mol. The Hall–Kier alpha value is -0.790. The maximum Gasteiger partial charge on any atom is 0.269 e. The molecule has 3 aliphatic heterocycles. The van der Waals surface area contributed by atoms with Gasteiger partial charge < -0.3 is 20.8 Å². The van der Waals surface area contributed by atoms with Gasteiger partial charge in [0.2, 0.25) is 0 Å². The van der Waals surface area contributed by atoms with Crippen LogP contribution < -0.4 is 16.0 Å². The van der Waals surface area contributed by atoms with Gasteiger partial charge in [0.15, 0.2) is 0 Å². The Labute approximate surface area is 129 Å². The minimum atomic E-state index is -0.223. The minimum Gasteiger partial charge on any atom is -0.388 e. The van der Waals surface area contributed by atoms with Crippen molar-refractivity contribution in [2.45, 2.75) is 37.3 Å². The Kier molecular flexibility index (Phi) is 5.03. The zero-order chi connectivity index (χ0) is 14.5. The Morgan fingerprint density at radius 2 is 2.29 bits per heavy atom. The van der Waals surface area contributed by atoms with Crippen LogP contribution in [0.3, 0.4) is 0 Å². The van der Waals surface area contributed by atoms with E-state index in [1.807, 2.05) is 11.8 Å². The average molecular weight is 312 g/mol. The Bertz CT molecular complexity index is 404. The number of nitrogens with zero attached hydrogens (tertiary/aromatic N) is 1. The van der Waals surface area contributed by atoms with Crippen LogP contribution in [-0.2, 0) is 9.63 Å². The number of piperidine rings is 1. The molecule has 7 heteroatoms. The third-order valence-corrected chi connectivity index (χ3v) is 5.52. The topological polar surface area (TPSA) is 74.8 Å². The van der Waals surface area contributed by atoms with Crippen LogP contribution in [0, 0.1) is 0 Å². The highest BCUT2D eigenvalue weighted by Gasteiger charge is 2.42. The van der Waals surface area contributed by atoms with E-state index in [9.17, 15) is 4.79 Å². The highest BCUT2D eigenvalue weighted by molar-refractivity contribution is 7.99. The van der Waals surface area contributed by atoms with E-state index >= 15 is 0 Å². The fourth-order valence-corrected chi connectivity index (χ4v) is 4.06. The first-order chi connectivity index (χ1) is 10.3. The summed E-state index contributed by atoms with van der Waals surface area (Å²) >= 11 is 1.98. The zero-order valence-corrected chi connectivity index (χ0v) is 13.1. The Morgan fingerprint density at radius 3 is 3.05 bits per heavy atom. The maximum absolute atomic E-state index is 12.1. The van der Waals surface area contributed by atoms with E-state index in [4.69, 9.17) is 4.84 Å². The number of hydrogen-bond acceptors (Lipinski definition) is 6. The van der Waals surface area contributed by atoms with Gasteiger partial charge in [-0.3, -0.25) is 4.79 Å². The minimum absolute atomic E-state index is 0.0612. The van der Waals surface area contributed by atoms with Gasteiger partial charge in [-0.25, -0.2) is 0 Å². The lowest BCUT2D eigenvalue weighted by Crippen LogP contribution is -2.44. The molecule has 0 aromatic carbocycles. The molecule has 0 aromatic rings. The molecule has 3 heterocycles. The first-order valence-corrected chi connectivity index (χ1v) is 8.98. The van der Waals surface area contributed by atoms with E-state index in [0.29, 0.717) is 24.7 Å². The van der Waals surface area contributed by atoms with Crippen LogP contribution in [0.25, 0.3) is 0 Å². The van der Waals surface area contributed by atoms with Crippen molar-refractivity contribution in [3.05, 3.63) is 0 Å². The number of hydrogen-bond donors (Lipinski definition) is 3. The summed E-state index contributed by atoms with van der Waals surface area (Å²) in [6.07, 6.45) is 3.48. The molecule has 1 unspecified atom stereocenters. The molecule has 0 saturated carbocycles. The van der Waals surface area contributed by atoms with Crippen LogP contribution in [0.4, 0.5) is 0 Å². The standard InChI is InChI=1S/C14H24N4O2S/c19-13(17-4-1-11-10-21-8-7-16-11)12-9-14(20-18-12)2-5-15-6-3-14/h11,15-16H,1-10H2,(H,17,19). The van der Waals surface area contributed by atoms with Gasteiger partial charge in [0.1, 0.15) is 11.3 Å². The van der Waals surface area contributed by atoms with Gasteiger partial charge in [-0.1, -0.05) is 5.16 Å². The highest BCUT2D eigenvalue weighted by Crippen LogP contribution is 2.32. The second-order valence-corrected chi connectivity index (χ2v) is 7.16. The fourth-order valence-electron chi connectivity index (χ4n) is 3.06. The molecule has 1 spiro atoms. The van der Waals surface area contributed by atoms with E-state index in [2.05, 4.69) is 21.1 Å². The Balaban J connectivity index is 1.39. The molecule has 0 bridgehead atoms. The smallest absolute Gasteiger partial charge is 0.269 e. The summed E-state index contributed by atoms with van der Waals surface area (Å²) in [4.78, 5) is 17.7. The molecule has 3 rings (SSSR count). The van der Waals surface area contributed by atoms with Gasteiger partial charge in [-0.05, 0) is 19.5 Å². The number of amides is 1. The van der Waals surface area contributed by atoms with E-state index in [1.54, 1.807) is 0 Å². The van der Waals surface area contributed by atoms with E-state index in [-0.39, 0.29) is 11.5 Å². The predicted molar refractivity (Wildman–Crippen MR) is 84.7 cm³/mol. The molecule has 0 aromatic heterocycles. The van der Waals surface area contributed by atoms with E-state index in [1.165, 1.54) is 5.75 Å². The number of oxime groups is 1. The lowest BCUT2D eigenvalue weighted by Gasteiger charge is -2.30. The summed E-state index contributed by atoms with van der Waals surface area (Å²) in [6, 6.07) is 0.515. The lowest BCUT2D eigenvalue weighted by atomic mass is 9.87. The maximum atomic E-state index is 12.1. The van der Waals surface area contributed by atoms with Crippen LogP contribution in [-0.4, -0.2) is 60.9 Å². The number of carbonyl (C=O) groups excluding carboxylic acids is 1. The number of rotatable bonds is 4. The first kappa shape index (κ1) is 15.1. The van der Waals surface area contributed by atoms with E-state index < -0.39 is 0 Å². The summed E-state index contributed by atoms with van der Waals surface area (Å²) in [5.74, 6) is 2.26. The quantitative estimate of drug-likeness (QED) is 0.686. The summed E-state index contributed by atoms with van der Waals surface area (Å²) in [6.45, 7) is 3.65. The van der Waals surface area contributed by atoms with Gasteiger partial charge in [0.05, 0.1) is 0 Å². The van der Waals surface area contributed by atoms with Crippen molar-refractivity contribution in [1.29, 1.82) is 0 Å². The first-order valence-electron chi connectivity index (χ1n) is 7.83. The van der Waals surface area contributed by atoms with Crippen molar-refractivity contribution in [2.75, 3.05) is 37.7 Å². The van der Waals surface area contributed by atoms with Gasteiger partial charge >= 0.3 is 0 Å². The molecule has 0 aliphatic carbocycles. The molecule has 2 fully saturated rings. The van der Waals surface area contributed by atoms with Crippen molar-refractivity contribution in [1.82, 2.24) is 16.0 Å². The fraction of sp³-hybridized carbons (Fsp3) is 0.857. The summed E-state index contributed by atoms with van der Waals surface area (Å²) in [5, 5.41) is 13.8. The summed E-state index contributed by atoms with van der Waals surface area (Å²) in [7, 11) is 0. The lowest BCUT2D eigenvalue weighted by molar-refractivity contribution is -0.114. The van der Waals surface area contributed by atoms with Crippen molar-refractivity contribution >= 4 is 23.4 Å². The summed E-state index contributed by atoms with van der Waals surface area (Å²) < 4.78 is 0. The van der Waals surface area contributed by atoms with Crippen molar-refractivity contribution in [3.63, 3.8) is 0 Å².